The van der Waals surface area contributed by atoms with E-state index in [9.17, 15) is 18.0 Å². The zero-order valence-corrected chi connectivity index (χ0v) is 17.8. The predicted molar refractivity (Wildman–Crippen MR) is 118 cm³/mol. The molecule has 162 valence electrons. The van der Waals surface area contributed by atoms with E-state index < -0.39 is 12.3 Å². The predicted octanol–water partition coefficient (Wildman–Crippen LogP) is 5.83. The maximum atomic E-state index is 12.3. The van der Waals surface area contributed by atoms with E-state index in [1.165, 1.54) is 42.7 Å². The Morgan fingerprint density at radius 1 is 1.06 bits per heavy atom. The molecule has 2 aromatic carbocycles. The Kier molecular flexibility index (Phi) is 7.13. The summed E-state index contributed by atoms with van der Waals surface area (Å²) in [6.07, 6.45) is -4.12. The van der Waals surface area contributed by atoms with E-state index >= 15 is 0 Å². The Bertz CT molecular complexity index is 1050. The smallest absolute Gasteiger partial charge is 0.465 e. The van der Waals surface area contributed by atoms with Crippen LogP contribution in [0.25, 0.3) is 0 Å². The molecular formula is C21H17F3N2O3S2. The second kappa shape index (κ2) is 9.80. The average Bonchev–Trinajstić information content (AvgIpc) is 3.10. The van der Waals surface area contributed by atoms with Gasteiger partial charge in [-0.3, -0.25) is 0 Å². The standard InChI is InChI=1S/C21H17F3N2O3S2/c1-28-19(27)17-12-16(11-13-5-3-2-4-6-13)31-18(17)26-20(30)25-14-7-9-15(10-8-14)29-21(22,23)24/h2-10,12H,11H2,1H3,(H2,25,26,30). The zero-order valence-electron chi connectivity index (χ0n) is 16.2. The zero-order chi connectivity index (χ0) is 22.4. The van der Waals surface area contributed by atoms with Gasteiger partial charge >= 0.3 is 12.3 Å². The van der Waals surface area contributed by atoms with Crippen LogP contribution < -0.4 is 15.4 Å². The van der Waals surface area contributed by atoms with Crippen molar-refractivity contribution in [2.45, 2.75) is 12.8 Å². The molecule has 0 unspecified atom stereocenters. The van der Waals surface area contributed by atoms with Crippen molar-refractivity contribution in [1.29, 1.82) is 0 Å². The number of nitrogens with one attached hydrogen (secondary N) is 2. The van der Waals surface area contributed by atoms with Gasteiger partial charge in [0.1, 0.15) is 10.8 Å². The molecule has 10 heteroatoms. The van der Waals surface area contributed by atoms with Crippen molar-refractivity contribution in [2.24, 2.45) is 0 Å². The number of hydrogen-bond acceptors (Lipinski definition) is 5. The summed E-state index contributed by atoms with van der Waals surface area (Å²) in [4.78, 5) is 13.1. The van der Waals surface area contributed by atoms with Crippen molar-refractivity contribution in [3.8, 4) is 5.75 Å². The molecule has 0 saturated heterocycles. The van der Waals surface area contributed by atoms with E-state index in [-0.39, 0.29) is 10.9 Å². The largest absolute Gasteiger partial charge is 0.573 e. The Hall–Kier alpha value is -3.11. The summed E-state index contributed by atoms with van der Waals surface area (Å²) in [6, 6.07) is 16.7. The van der Waals surface area contributed by atoms with Gasteiger partial charge in [-0.25, -0.2) is 4.79 Å². The molecule has 3 rings (SSSR count). The van der Waals surface area contributed by atoms with Gasteiger partial charge in [-0.05, 0) is 48.1 Å². The van der Waals surface area contributed by atoms with E-state index in [0.29, 0.717) is 22.7 Å². The van der Waals surface area contributed by atoms with Crippen LogP contribution in [0.1, 0.15) is 20.8 Å². The number of carbonyl (C=O) groups excluding carboxylic acids is 1. The molecule has 5 nitrogen and oxygen atoms in total. The van der Waals surface area contributed by atoms with Gasteiger partial charge in [0, 0.05) is 17.0 Å². The third kappa shape index (κ3) is 6.69. The van der Waals surface area contributed by atoms with Gasteiger partial charge in [0.05, 0.1) is 12.7 Å². The number of hydrogen-bond donors (Lipinski definition) is 2. The number of thiophene rings is 1. The third-order valence-corrected chi connectivity index (χ3v) is 5.24. The van der Waals surface area contributed by atoms with E-state index in [1.54, 1.807) is 6.07 Å². The highest BCUT2D eigenvalue weighted by molar-refractivity contribution is 7.80. The van der Waals surface area contributed by atoms with Crippen LogP contribution in [-0.4, -0.2) is 24.6 Å². The number of halogens is 3. The fraction of sp³-hybridized carbons (Fsp3) is 0.143. The van der Waals surface area contributed by atoms with E-state index in [4.69, 9.17) is 17.0 Å². The van der Waals surface area contributed by atoms with Gasteiger partial charge < -0.3 is 20.1 Å². The molecule has 3 aromatic rings. The Labute approximate surface area is 185 Å². The van der Waals surface area contributed by atoms with Crippen molar-refractivity contribution in [3.05, 3.63) is 76.7 Å². The van der Waals surface area contributed by atoms with Gasteiger partial charge in [0.25, 0.3) is 0 Å². The van der Waals surface area contributed by atoms with Gasteiger partial charge in [-0.2, -0.15) is 0 Å². The van der Waals surface area contributed by atoms with Crippen LogP contribution in [-0.2, 0) is 11.2 Å². The highest BCUT2D eigenvalue weighted by Gasteiger charge is 2.31. The fourth-order valence-corrected chi connectivity index (χ4v) is 4.05. The van der Waals surface area contributed by atoms with Crippen molar-refractivity contribution in [2.75, 3.05) is 17.7 Å². The van der Waals surface area contributed by atoms with E-state index in [1.807, 2.05) is 30.3 Å². The first-order valence-electron chi connectivity index (χ1n) is 8.92. The van der Waals surface area contributed by atoms with Crippen LogP contribution in [0.15, 0.2) is 60.7 Å². The summed E-state index contributed by atoms with van der Waals surface area (Å²) in [5.41, 5.74) is 1.89. The van der Waals surface area contributed by atoms with Crippen molar-refractivity contribution in [3.63, 3.8) is 0 Å². The second-order valence-electron chi connectivity index (χ2n) is 6.26. The number of anilines is 2. The highest BCUT2D eigenvalue weighted by Crippen LogP contribution is 2.31. The first-order valence-corrected chi connectivity index (χ1v) is 10.1. The molecule has 0 radical (unpaired) electrons. The summed E-state index contributed by atoms with van der Waals surface area (Å²) in [5.74, 6) is -0.844. The summed E-state index contributed by atoms with van der Waals surface area (Å²) < 4.78 is 45.5. The summed E-state index contributed by atoms with van der Waals surface area (Å²) in [5, 5.41) is 6.50. The van der Waals surface area contributed by atoms with Crippen molar-refractivity contribution in [1.82, 2.24) is 0 Å². The van der Waals surface area contributed by atoms with Crippen LogP contribution >= 0.6 is 23.6 Å². The summed E-state index contributed by atoms with van der Waals surface area (Å²) in [6.45, 7) is 0. The second-order valence-corrected chi connectivity index (χ2v) is 7.81. The van der Waals surface area contributed by atoms with Crippen LogP contribution in [0.2, 0.25) is 0 Å². The summed E-state index contributed by atoms with van der Waals surface area (Å²) in [7, 11) is 1.29. The Balaban J connectivity index is 1.70. The van der Waals surface area contributed by atoms with Gasteiger partial charge in [-0.1, -0.05) is 30.3 Å². The number of alkyl halides is 3. The van der Waals surface area contributed by atoms with Crippen LogP contribution in [0.3, 0.4) is 0 Å². The van der Waals surface area contributed by atoms with Gasteiger partial charge in [0.2, 0.25) is 0 Å². The number of ether oxygens (including phenoxy) is 2. The first-order chi connectivity index (χ1) is 14.7. The Morgan fingerprint density at radius 2 is 1.74 bits per heavy atom. The topological polar surface area (TPSA) is 59.6 Å². The minimum absolute atomic E-state index is 0.169. The fourth-order valence-electron chi connectivity index (χ4n) is 2.69. The number of methoxy groups -OCH3 is 1. The van der Waals surface area contributed by atoms with E-state index in [0.717, 1.165) is 10.4 Å². The number of esters is 1. The molecule has 31 heavy (non-hydrogen) atoms. The molecule has 0 fully saturated rings. The lowest BCUT2D eigenvalue weighted by Gasteiger charge is -2.12. The minimum atomic E-state index is -4.76. The monoisotopic (exact) mass is 466 g/mol. The van der Waals surface area contributed by atoms with Crippen molar-refractivity contribution >= 4 is 45.3 Å². The van der Waals surface area contributed by atoms with E-state index in [2.05, 4.69) is 15.4 Å². The molecule has 0 aliphatic heterocycles. The third-order valence-electron chi connectivity index (χ3n) is 3.98. The molecule has 0 saturated carbocycles. The molecular weight excluding hydrogens is 449 g/mol. The van der Waals surface area contributed by atoms with Gasteiger partial charge in [-0.15, -0.1) is 24.5 Å². The maximum absolute atomic E-state index is 12.3. The highest BCUT2D eigenvalue weighted by atomic mass is 32.1. The number of benzene rings is 2. The molecule has 0 aliphatic carbocycles. The molecule has 1 aromatic heterocycles. The molecule has 0 amide bonds. The molecule has 1 heterocycles. The number of carbonyl (C=O) groups is 1. The molecule has 2 N–H and O–H groups in total. The lowest BCUT2D eigenvalue weighted by molar-refractivity contribution is -0.274. The van der Waals surface area contributed by atoms with Crippen LogP contribution in [0, 0.1) is 0 Å². The first kappa shape index (κ1) is 22.6. The average molecular weight is 467 g/mol. The van der Waals surface area contributed by atoms with Crippen LogP contribution in [0.5, 0.6) is 5.75 Å². The molecule has 0 bridgehead atoms. The number of thiocarbonyl (C=S) groups is 1. The molecule has 0 aliphatic rings. The SMILES string of the molecule is COC(=O)c1cc(Cc2ccccc2)sc1NC(=S)Nc1ccc(OC(F)(F)F)cc1. The van der Waals surface area contributed by atoms with Gasteiger partial charge in [0.15, 0.2) is 5.11 Å². The van der Waals surface area contributed by atoms with Crippen molar-refractivity contribution < 1.29 is 27.4 Å². The molecule has 0 spiro atoms. The normalized spacial score (nSPS) is 11.0. The quantitative estimate of drug-likeness (QED) is 0.352. The number of rotatable bonds is 6. The summed E-state index contributed by atoms with van der Waals surface area (Å²) >= 11 is 6.64. The maximum Gasteiger partial charge on any atom is 0.573 e. The van der Waals surface area contributed by atoms with Crippen LogP contribution in [0.4, 0.5) is 23.9 Å². The lowest BCUT2D eigenvalue weighted by atomic mass is 10.1. The molecule has 0 atom stereocenters. The lowest BCUT2D eigenvalue weighted by Crippen LogP contribution is -2.20. The Morgan fingerprint density at radius 3 is 2.35 bits per heavy atom. The minimum Gasteiger partial charge on any atom is -0.465 e.